The molecule has 7 heteroatoms. The molecule has 1 atom stereocenters. The summed E-state index contributed by atoms with van der Waals surface area (Å²) in [6.45, 7) is 2.74. The largest absolute Gasteiger partial charge is 0.481 e. The first kappa shape index (κ1) is 19.3. The van der Waals surface area contributed by atoms with E-state index >= 15 is 0 Å². The van der Waals surface area contributed by atoms with E-state index in [2.05, 4.69) is 10.2 Å². The summed E-state index contributed by atoms with van der Waals surface area (Å²) in [5, 5.41) is 2.82. The van der Waals surface area contributed by atoms with Crippen molar-refractivity contribution in [3.63, 3.8) is 0 Å². The molecular formula is C20H22F2N2O3. The second-order valence-corrected chi connectivity index (χ2v) is 6.24. The van der Waals surface area contributed by atoms with Crippen LogP contribution in [0, 0.1) is 11.6 Å². The van der Waals surface area contributed by atoms with E-state index in [1.54, 1.807) is 24.3 Å². The molecule has 0 aliphatic carbocycles. The summed E-state index contributed by atoms with van der Waals surface area (Å²) in [5.41, 5.74) is 0.911. The highest BCUT2D eigenvalue weighted by Gasteiger charge is 2.23. The fourth-order valence-electron chi connectivity index (χ4n) is 3.00. The molecule has 0 radical (unpaired) electrons. The molecule has 0 spiro atoms. The van der Waals surface area contributed by atoms with E-state index in [-0.39, 0.29) is 30.1 Å². The molecular weight excluding hydrogens is 354 g/mol. The van der Waals surface area contributed by atoms with Gasteiger partial charge in [-0.3, -0.25) is 9.69 Å². The van der Waals surface area contributed by atoms with Crippen molar-refractivity contribution in [3.05, 3.63) is 65.7 Å². The number of halogens is 2. The molecule has 1 aliphatic rings. The van der Waals surface area contributed by atoms with Crippen LogP contribution in [0.1, 0.15) is 11.6 Å². The lowest BCUT2D eigenvalue weighted by atomic mass is 10.0. The van der Waals surface area contributed by atoms with Crippen LogP contribution < -0.4 is 10.1 Å². The Morgan fingerprint density at radius 2 is 1.81 bits per heavy atom. The van der Waals surface area contributed by atoms with Gasteiger partial charge in [0.15, 0.2) is 18.2 Å². The van der Waals surface area contributed by atoms with Crippen LogP contribution in [0.2, 0.25) is 0 Å². The molecule has 0 saturated carbocycles. The Balaban J connectivity index is 1.59. The number of morpholine rings is 1. The van der Waals surface area contributed by atoms with Crippen LogP contribution in [0.5, 0.6) is 5.75 Å². The first-order chi connectivity index (χ1) is 13.1. The minimum absolute atomic E-state index is 0.0379. The van der Waals surface area contributed by atoms with Crippen LogP contribution in [0.3, 0.4) is 0 Å². The normalized spacial score (nSPS) is 15.9. The van der Waals surface area contributed by atoms with Gasteiger partial charge in [0.05, 0.1) is 19.3 Å². The second kappa shape index (κ2) is 9.43. The summed E-state index contributed by atoms with van der Waals surface area (Å²) in [5.74, 6) is -1.13. The summed E-state index contributed by atoms with van der Waals surface area (Å²) in [7, 11) is 0. The highest BCUT2D eigenvalue weighted by molar-refractivity contribution is 5.77. The van der Waals surface area contributed by atoms with Gasteiger partial charge in [-0.05, 0) is 29.8 Å². The number of carbonyl (C=O) groups is 1. The molecule has 0 unspecified atom stereocenters. The van der Waals surface area contributed by atoms with Crippen LogP contribution in [-0.4, -0.2) is 50.3 Å². The van der Waals surface area contributed by atoms with Gasteiger partial charge in [0.25, 0.3) is 5.91 Å². The Morgan fingerprint density at radius 3 is 2.52 bits per heavy atom. The lowest BCUT2D eigenvalue weighted by Gasteiger charge is -2.35. The summed E-state index contributed by atoms with van der Waals surface area (Å²) < 4.78 is 37.4. The quantitative estimate of drug-likeness (QED) is 0.807. The topological polar surface area (TPSA) is 50.8 Å². The van der Waals surface area contributed by atoms with Crippen molar-refractivity contribution in [1.82, 2.24) is 10.2 Å². The van der Waals surface area contributed by atoms with Gasteiger partial charge in [0.2, 0.25) is 0 Å². The molecule has 0 bridgehead atoms. The second-order valence-electron chi connectivity index (χ2n) is 6.24. The summed E-state index contributed by atoms with van der Waals surface area (Å²) in [6.07, 6.45) is 0. The maximum atomic E-state index is 13.5. The third-order valence-corrected chi connectivity index (χ3v) is 4.43. The van der Waals surface area contributed by atoms with E-state index < -0.39 is 5.82 Å². The van der Waals surface area contributed by atoms with Crippen molar-refractivity contribution in [2.75, 3.05) is 39.5 Å². The average Bonchev–Trinajstić information content (AvgIpc) is 2.69. The lowest BCUT2D eigenvalue weighted by molar-refractivity contribution is -0.123. The predicted molar refractivity (Wildman–Crippen MR) is 96.4 cm³/mol. The van der Waals surface area contributed by atoms with Gasteiger partial charge in [0.1, 0.15) is 5.82 Å². The fourth-order valence-corrected chi connectivity index (χ4v) is 3.00. The van der Waals surface area contributed by atoms with Gasteiger partial charge in [-0.1, -0.05) is 24.3 Å². The zero-order valence-electron chi connectivity index (χ0n) is 14.9. The van der Waals surface area contributed by atoms with E-state index in [4.69, 9.17) is 9.47 Å². The summed E-state index contributed by atoms with van der Waals surface area (Å²) >= 11 is 0. The Morgan fingerprint density at radius 1 is 1.11 bits per heavy atom. The van der Waals surface area contributed by atoms with Gasteiger partial charge in [-0.15, -0.1) is 0 Å². The molecule has 1 saturated heterocycles. The number of benzene rings is 2. The predicted octanol–water partition coefficient (Wildman–Crippen LogP) is 2.53. The van der Waals surface area contributed by atoms with Crippen molar-refractivity contribution < 1.29 is 23.0 Å². The van der Waals surface area contributed by atoms with Gasteiger partial charge < -0.3 is 14.8 Å². The monoisotopic (exact) mass is 376 g/mol. The van der Waals surface area contributed by atoms with E-state index in [1.165, 1.54) is 24.3 Å². The highest BCUT2D eigenvalue weighted by Crippen LogP contribution is 2.22. The zero-order valence-corrected chi connectivity index (χ0v) is 14.9. The van der Waals surface area contributed by atoms with E-state index in [0.29, 0.717) is 19.8 Å². The minimum Gasteiger partial charge on any atom is -0.481 e. The number of rotatable bonds is 7. The van der Waals surface area contributed by atoms with E-state index in [0.717, 1.165) is 18.7 Å². The Hall–Kier alpha value is -2.51. The number of hydrogen-bond acceptors (Lipinski definition) is 4. The first-order valence-corrected chi connectivity index (χ1v) is 8.85. The number of amides is 1. The SMILES string of the molecule is O=C(COc1ccccc1F)NC[C@H](c1ccc(F)cc1)N1CCOCC1. The molecule has 1 N–H and O–H groups in total. The summed E-state index contributed by atoms with van der Waals surface area (Å²) in [6, 6.07) is 12.1. The van der Waals surface area contributed by atoms with Crippen LogP contribution in [-0.2, 0) is 9.53 Å². The molecule has 1 heterocycles. The van der Waals surface area contributed by atoms with Crippen molar-refractivity contribution in [2.45, 2.75) is 6.04 Å². The van der Waals surface area contributed by atoms with Crippen molar-refractivity contribution >= 4 is 5.91 Å². The Bertz CT molecular complexity index is 749. The molecule has 27 heavy (non-hydrogen) atoms. The Kier molecular flexibility index (Phi) is 6.73. The van der Waals surface area contributed by atoms with Gasteiger partial charge >= 0.3 is 0 Å². The number of nitrogens with one attached hydrogen (secondary N) is 1. The molecule has 1 aliphatic heterocycles. The highest BCUT2D eigenvalue weighted by atomic mass is 19.1. The number of hydrogen-bond donors (Lipinski definition) is 1. The molecule has 2 aromatic carbocycles. The molecule has 0 aromatic heterocycles. The number of nitrogens with zero attached hydrogens (tertiary/aromatic N) is 1. The smallest absolute Gasteiger partial charge is 0.258 e. The van der Waals surface area contributed by atoms with E-state index in [9.17, 15) is 13.6 Å². The van der Waals surface area contributed by atoms with Gasteiger partial charge in [0, 0.05) is 19.6 Å². The standard InChI is InChI=1S/C20H22F2N2O3/c21-16-7-5-15(6-8-16)18(24-9-11-26-12-10-24)13-23-20(25)14-27-19-4-2-1-3-17(19)22/h1-8,18H,9-14H2,(H,23,25)/t18-/m1/s1. The number of para-hydroxylation sites is 1. The van der Waals surface area contributed by atoms with Crippen LogP contribution in [0.4, 0.5) is 8.78 Å². The fraction of sp³-hybridized carbons (Fsp3) is 0.350. The average molecular weight is 376 g/mol. The Labute approximate surface area is 156 Å². The van der Waals surface area contributed by atoms with Crippen LogP contribution in [0.25, 0.3) is 0 Å². The minimum atomic E-state index is -0.511. The molecule has 144 valence electrons. The van der Waals surface area contributed by atoms with E-state index in [1.807, 2.05) is 0 Å². The lowest BCUT2D eigenvalue weighted by Crippen LogP contribution is -2.44. The zero-order chi connectivity index (χ0) is 19.1. The van der Waals surface area contributed by atoms with Crippen molar-refractivity contribution in [3.8, 4) is 5.75 Å². The van der Waals surface area contributed by atoms with Crippen LogP contribution >= 0.6 is 0 Å². The third kappa shape index (κ3) is 5.48. The van der Waals surface area contributed by atoms with Crippen LogP contribution in [0.15, 0.2) is 48.5 Å². The van der Waals surface area contributed by atoms with Crippen molar-refractivity contribution in [1.29, 1.82) is 0 Å². The molecule has 1 amide bonds. The molecule has 1 fully saturated rings. The molecule has 5 nitrogen and oxygen atoms in total. The number of carbonyl (C=O) groups excluding carboxylic acids is 1. The summed E-state index contributed by atoms with van der Waals surface area (Å²) in [4.78, 5) is 14.3. The molecule has 3 rings (SSSR count). The maximum Gasteiger partial charge on any atom is 0.258 e. The van der Waals surface area contributed by atoms with Crippen molar-refractivity contribution in [2.24, 2.45) is 0 Å². The third-order valence-electron chi connectivity index (χ3n) is 4.43. The maximum absolute atomic E-state index is 13.5. The first-order valence-electron chi connectivity index (χ1n) is 8.85. The van der Waals surface area contributed by atoms with Gasteiger partial charge in [-0.2, -0.15) is 0 Å². The van der Waals surface area contributed by atoms with Gasteiger partial charge in [-0.25, -0.2) is 8.78 Å². The molecule has 2 aromatic rings. The number of ether oxygens (including phenoxy) is 2.